The molecule has 0 aliphatic carbocycles. The molecule has 1 unspecified atom stereocenters. The van der Waals surface area contributed by atoms with Gasteiger partial charge >= 0.3 is 0 Å². The molecule has 0 spiro atoms. The molecule has 41 heavy (non-hydrogen) atoms. The normalized spacial score (nSPS) is 14.3. The zero-order chi connectivity index (χ0) is 28.6. The van der Waals surface area contributed by atoms with E-state index in [9.17, 15) is 9.59 Å². The zero-order valence-corrected chi connectivity index (χ0v) is 23.6. The molecule has 0 fully saturated rings. The molecule has 0 aromatic heterocycles. The van der Waals surface area contributed by atoms with Crippen LogP contribution in [0.5, 0.6) is 5.75 Å². The Morgan fingerprint density at radius 1 is 0.878 bits per heavy atom. The first-order valence-corrected chi connectivity index (χ1v) is 14.1. The fourth-order valence-electron chi connectivity index (χ4n) is 4.90. The van der Waals surface area contributed by atoms with E-state index in [0.29, 0.717) is 24.4 Å². The van der Waals surface area contributed by atoms with Crippen molar-refractivity contribution >= 4 is 23.6 Å². The second-order valence-corrected chi connectivity index (χ2v) is 10.6. The molecule has 6 heteroatoms. The minimum Gasteiger partial charge on any atom is -0.449 e. The number of benzene rings is 4. The summed E-state index contributed by atoms with van der Waals surface area (Å²) in [6, 6.07) is 33.4. The number of hydrogen-bond donors (Lipinski definition) is 2. The van der Waals surface area contributed by atoms with Gasteiger partial charge in [-0.15, -0.1) is 0 Å². The van der Waals surface area contributed by atoms with E-state index >= 15 is 0 Å². The molecule has 0 radical (unpaired) electrons. The third-order valence-corrected chi connectivity index (χ3v) is 7.18. The van der Waals surface area contributed by atoms with E-state index < -0.39 is 0 Å². The van der Waals surface area contributed by atoms with E-state index in [1.54, 1.807) is 23.1 Å². The van der Waals surface area contributed by atoms with Crippen molar-refractivity contribution in [2.75, 3.05) is 25.0 Å². The van der Waals surface area contributed by atoms with Gasteiger partial charge in [-0.3, -0.25) is 14.5 Å². The first-order chi connectivity index (χ1) is 20.0. The largest absolute Gasteiger partial charge is 0.449 e. The second kappa shape index (κ2) is 13.1. The summed E-state index contributed by atoms with van der Waals surface area (Å²) in [4.78, 5) is 29.3. The van der Waals surface area contributed by atoms with Crippen molar-refractivity contribution < 1.29 is 19.2 Å². The molecule has 0 saturated heterocycles. The molecular weight excluding hydrogens is 510 g/mol. The summed E-state index contributed by atoms with van der Waals surface area (Å²) in [5.74, 6) is 0.575. The van der Waals surface area contributed by atoms with Crippen LogP contribution in [0.3, 0.4) is 0 Å². The van der Waals surface area contributed by atoms with Gasteiger partial charge in [0.05, 0.1) is 25.8 Å². The Morgan fingerprint density at radius 2 is 1.59 bits per heavy atom. The van der Waals surface area contributed by atoms with Crippen LogP contribution in [0.15, 0.2) is 109 Å². The first kappa shape index (κ1) is 27.9. The molecule has 4 aromatic rings. The van der Waals surface area contributed by atoms with Crippen molar-refractivity contribution in [2.45, 2.75) is 26.4 Å². The first-order valence-electron chi connectivity index (χ1n) is 14.1. The monoisotopic (exact) mass is 546 g/mol. The molecule has 1 aliphatic rings. The third-order valence-electron chi connectivity index (χ3n) is 7.18. The van der Waals surface area contributed by atoms with Gasteiger partial charge in [0.25, 0.3) is 11.8 Å². The molecule has 1 heterocycles. The highest BCUT2D eigenvalue weighted by Crippen LogP contribution is 2.36. The molecule has 0 bridgehead atoms. The summed E-state index contributed by atoms with van der Waals surface area (Å²) >= 11 is 0. The molecule has 5 rings (SSSR count). The number of aryl methyl sites for hydroxylation is 1. The number of amides is 2. The van der Waals surface area contributed by atoms with E-state index in [0.717, 1.165) is 36.3 Å². The highest BCUT2D eigenvalue weighted by Gasteiger charge is 2.30. The van der Waals surface area contributed by atoms with Crippen molar-refractivity contribution in [2.24, 2.45) is 0 Å². The molecule has 208 valence electrons. The molecule has 6 nitrogen and oxygen atoms in total. The van der Waals surface area contributed by atoms with Crippen molar-refractivity contribution in [3.05, 3.63) is 137 Å². The van der Waals surface area contributed by atoms with Gasteiger partial charge in [0.15, 0.2) is 11.5 Å². The summed E-state index contributed by atoms with van der Waals surface area (Å²) in [7, 11) is 2.17. The molecule has 2 amide bonds. The van der Waals surface area contributed by atoms with Crippen LogP contribution in [-0.2, 0) is 17.9 Å². The highest BCUT2D eigenvalue weighted by atomic mass is 16.5. The lowest BCUT2D eigenvalue weighted by atomic mass is 10.1. The summed E-state index contributed by atoms with van der Waals surface area (Å²) in [6.45, 7) is 5.05. The number of carbonyl (C=O) groups is 2. The lowest BCUT2D eigenvalue weighted by molar-refractivity contribution is -0.893. The summed E-state index contributed by atoms with van der Waals surface area (Å²) < 4.78 is 6.02. The van der Waals surface area contributed by atoms with Gasteiger partial charge in [-0.1, -0.05) is 84.4 Å². The average Bonchev–Trinajstić information content (AvgIpc) is 2.99. The lowest BCUT2D eigenvalue weighted by Crippen LogP contribution is -3.07. The maximum absolute atomic E-state index is 13.5. The third kappa shape index (κ3) is 7.29. The number of rotatable bonds is 10. The topological polar surface area (TPSA) is 63.1 Å². The minimum atomic E-state index is -0.203. The Balaban J connectivity index is 1.19. The summed E-state index contributed by atoms with van der Waals surface area (Å²) in [5, 5.41) is 3.02. The number of hydrogen-bond acceptors (Lipinski definition) is 3. The quantitative estimate of drug-likeness (QED) is 0.222. The van der Waals surface area contributed by atoms with Gasteiger partial charge in [-0.05, 0) is 48.4 Å². The standard InChI is InChI=1S/C35H35N3O3/c1-26-13-15-29(16-14-26)25-38-31-11-6-7-12-32(31)41-33(35(38)40)23-27-17-19-30(20-18-27)34(39)36-21-8-22-37(2)24-28-9-4-3-5-10-28/h3-7,9-20,23H,8,21-22,24-25H2,1-2H3,(H,36,39)/p+1. The Bertz CT molecular complexity index is 1510. The average molecular weight is 547 g/mol. The number of fused-ring (bicyclic) bond motifs is 1. The number of anilines is 1. The number of para-hydroxylation sites is 2. The highest BCUT2D eigenvalue weighted by molar-refractivity contribution is 6.09. The number of nitrogens with zero attached hydrogens (tertiary/aromatic N) is 1. The lowest BCUT2D eigenvalue weighted by Gasteiger charge is -2.30. The fourth-order valence-corrected chi connectivity index (χ4v) is 4.90. The predicted molar refractivity (Wildman–Crippen MR) is 163 cm³/mol. The van der Waals surface area contributed by atoms with Crippen molar-refractivity contribution in [1.29, 1.82) is 0 Å². The van der Waals surface area contributed by atoms with E-state index in [-0.39, 0.29) is 17.6 Å². The van der Waals surface area contributed by atoms with Crippen LogP contribution in [0.1, 0.15) is 39.0 Å². The zero-order valence-electron chi connectivity index (χ0n) is 23.6. The molecule has 0 saturated carbocycles. The van der Waals surface area contributed by atoms with Crippen LogP contribution in [0.4, 0.5) is 5.69 Å². The van der Waals surface area contributed by atoms with E-state index in [2.05, 4.69) is 36.6 Å². The van der Waals surface area contributed by atoms with E-state index in [1.807, 2.05) is 73.7 Å². The second-order valence-electron chi connectivity index (χ2n) is 10.6. The van der Waals surface area contributed by atoms with E-state index in [1.165, 1.54) is 16.0 Å². The maximum Gasteiger partial charge on any atom is 0.294 e. The van der Waals surface area contributed by atoms with E-state index in [4.69, 9.17) is 4.74 Å². The van der Waals surface area contributed by atoms with Gasteiger partial charge in [0, 0.05) is 24.1 Å². The smallest absolute Gasteiger partial charge is 0.294 e. The van der Waals surface area contributed by atoms with Gasteiger partial charge in [0.2, 0.25) is 0 Å². The van der Waals surface area contributed by atoms with Crippen LogP contribution in [0.25, 0.3) is 6.08 Å². The molecule has 4 aromatic carbocycles. The Kier molecular flexibility index (Phi) is 8.92. The van der Waals surface area contributed by atoms with Crippen molar-refractivity contribution in [1.82, 2.24) is 5.32 Å². The van der Waals surface area contributed by atoms with Crippen molar-refractivity contribution in [3.8, 4) is 5.75 Å². The predicted octanol–water partition coefficient (Wildman–Crippen LogP) is 4.80. The molecule has 2 N–H and O–H groups in total. The number of ether oxygens (including phenoxy) is 1. The van der Waals surface area contributed by atoms with Crippen LogP contribution in [-0.4, -0.2) is 32.0 Å². The summed E-state index contributed by atoms with van der Waals surface area (Å²) in [5.41, 5.74) is 5.64. The van der Waals surface area contributed by atoms with Crippen LogP contribution >= 0.6 is 0 Å². The fraction of sp³-hybridized carbons (Fsp3) is 0.200. The Hall–Kier alpha value is -4.68. The summed E-state index contributed by atoms with van der Waals surface area (Å²) in [6.07, 6.45) is 2.63. The number of nitrogens with one attached hydrogen (secondary N) is 2. The van der Waals surface area contributed by atoms with Gasteiger partial charge < -0.3 is 15.0 Å². The van der Waals surface area contributed by atoms with Crippen LogP contribution in [0, 0.1) is 6.92 Å². The Labute approximate surface area is 241 Å². The maximum atomic E-state index is 13.5. The number of quaternary nitrogens is 1. The number of carbonyl (C=O) groups excluding carboxylic acids is 2. The van der Waals surface area contributed by atoms with Gasteiger partial charge in [-0.2, -0.15) is 0 Å². The molecule has 1 atom stereocenters. The van der Waals surface area contributed by atoms with Crippen LogP contribution < -0.4 is 19.9 Å². The van der Waals surface area contributed by atoms with Crippen molar-refractivity contribution in [3.63, 3.8) is 0 Å². The van der Waals surface area contributed by atoms with Gasteiger partial charge in [-0.25, -0.2) is 0 Å². The Morgan fingerprint density at radius 3 is 2.34 bits per heavy atom. The van der Waals surface area contributed by atoms with Crippen LogP contribution in [0.2, 0.25) is 0 Å². The van der Waals surface area contributed by atoms with Gasteiger partial charge in [0.1, 0.15) is 6.54 Å². The SMILES string of the molecule is Cc1ccc(CN2C(=O)C(=Cc3ccc(C(=O)NCCC[NH+](C)Cc4ccccc4)cc3)Oc3ccccc32)cc1. The molecular formula is C35H36N3O3+. The molecule has 1 aliphatic heterocycles. The minimum absolute atomic E-state index is 0.104.